The molecule has 3 heterocycles. The third-order valence-corrected chi connectivity index (χ3v) is 5.28. The highest BCUT2D eigenvalue weighted by atomic mass is 16.6. The summed E-state index contributed by atoms with van der Waals surface area (Å²) in [5, 5.41) is 4.04. The van der Waals surface area contributed by atoms with E-state index in [1.165, 1.54) is 0 Å². The lowest BCUT2D eigenvalue weighted by atomic mass is 10.0. The Kier molecular flexibility index (Phi) is 6.51. The molecule has 9 heteroatoms. The van der Waals surface area contributed by atoms with E-state index in [0.29, 0.717) is 56.8 Å². The molecule has 2 aliphatic rings. The van der Waals surface area contributed by atoms with Gasteiger partial charge in [0, 0.05) is 30.4 Å². The topological polar surface area (TPSA) is 103 Å². The summed E-state index contributed by atoms with van der Waals surface area (Å²) in [6.45, 7) is 6.66. The Morgan fingerprint density at radius 3 is 2.74 bits per heavy atom. The van der Waals surface area contributed by atoms with Crippen molar-refractivity contribution >= 4 is 17.5 Å². The molecule has 31 heavy (non-hydrogen) atoms. The summed E-state index contributed by atoms with van der Waals surface area (Å²) < 4.78 is 16.4. The first-order valence-corrected chi connectivity index (χ1v) is 10.4. The standard InChI is InChI=1S/C22H27N5O4/c1-16-3-2-4-17(13-16)21(25-23)19-14-18(26-5-9-29-10-6-26)15-20(24-19)30-11-7-27-8-12-31-22(27)28/h2-4,13-15H,5-12,23H2,1H3/b25-21-. The Morgan fingerprint density at radius 1 is 1.19 bits per heavy atom. The Labute approximate surface area is 181 Å². The van der Waals surface area contributed by atoms with Crippen molar-refractivity contribution in [1.82, 2.24) is 9.88 Å². The molecule has 0 aliphatic carbocycles. The van der Waals surface area contributed by atoms with Gasteiger partial charge in [0.2, 0.25) is 5.88 Å². The number of carbonyl (C=O) groups excluding carboxylic acids is 1. The number of benzene rings is 1. The number of nitrogens with two attached hydrogens (primary N) is 1. The van der Waals surface area contributed by atoms with Crippen LogP contribution in [0.4, 0.5) is 10.5 Å². The number of hydrogen-bond acceptors (Lipinski definition) is 8. The van der Waals surface area contributed by atoms with Gasteiger partial charge in [-0.05, 0) is 19.1 Å². The van der Waals surface area contributed by atoms with E-state index in [1.807, 2.05) is 43.3 Å². The lowest BCUT2D eigenvalue weighted by Crippen LogP contribution is -2.36. The van der Waals surface area contributed by atoms with E-state index in [-0.39, 0.29) is 6.09 Å². The average molecular weight is 425 g/mol. The number of rotatable bonds is 7. The number of carbonyl (C=O) groups is 1. The van der Waals surface area contributed by atoms with Gasteiger partial charge in [-0.25, -0.2) is 9.78 Å². The average Bonchev–Trinajstić information content (AvgIpc) is 3.19. The second kappa shape index (κ2) is 9.65. The highest BCUT2D eigenvalue weighted by Crippen LogP contribution is 2.24. The minimum atomic E-state index is -0.309. The maximum absolute atomic E-state index is 11.6. The highest BCUT2D eigenvalue weighted by Gasteiger charge is 2.22. The van der Waals surface area contributed by atoms with Crippen molar-refractivity contribution in [3.05, 3.63) is 53.2 Å². The van der Waals surface area contributed by atoms with Crippen molar-refractivity contribution in [2.45, 2.75) is 6.92 Å². The molecule has 0 atom stereocenters. The van der Waals surface area contributed by atoms with Crippen molar-refractivity contribution in [3.63, 3.8) is 0 Å². The van der Waals surface area contributed by atoms with Crippen LogP contribution in [0.5, 0.6) is 5.88 Å². The number of hydrogen-bond donors (Lipinski definition) is 1. The number of cyclic esters (lactones) is 1. The first kappa shape index (κ1) is 20.9. The molecule has 164 valence electrons. The zero-order chi connectivity index (χ0) is 21.6. The van der Waals surface area contributed by atoms with Crippen molar-refractivity contribution < 1.29 is 19.0 Å². The molecule has 2 fully saturated rings. The summed E-state index contributed by atoms with van der Waals surface area (Å²) in [6, 6.07) is 11.8. The maximum Gasteiger partial charge on any atom is 0.410 e. The number of aryl methyl sites for hydroxylation is 1. The summed E-state index contributed by atoms with van der Waals surface area (Å²) in [7, 11) is 0. The van der Waals surface area contributed by atoms with Crippen molar-refractivity contribution in [2.75, 3.05) is 57.5 Å². The number of aromatic nitrogens is 1. The van der Waals surface area contributed by atoms with Gasteiger partial charge in [0.25, 0.3) is 0 Å². The van der Waals surface area contributed by atoms with Crippen molar-refractivity contribution in [2.24, 2.45) is 10.9 Å². The van der Waals surface area contributed by atoms with Gasteiger partial charge in [0.05, 0.1) is 32.0 Å². The predicted octanol–water partition coefficient (Wildman–Crippen LogP) is 1.77. The molecule has 0 radical (unpaired) electrons. The van der Waals surface area contributed by atoms with Crippen LogP contribution in [-0.4, -0.2) is 74.3 Å². The molecule has 0 saturated carbocycles. The van der Waals surface area contributed by atoms with E-state index in [4.69, 9.17) is 20.1 Å². The van der Waals surface area contributed by atoms with Gasteiger partial charge in [-0.1, -0.05) is 23.8 Å². The second-order valence-electron chi connectivity index (χ2n) is 7.45. The van der Waals surface area contributed by atoms with Crippen molar-refractivity contribution in [3.8, 4) is 5.88 Å². The lowest BCUT2D eigenvalue weighted by Gasteiger charge is -2.29. The molecule has 0 spiro atoms. The molecule has 0 bridgehead atoms. The molecule has 9 nitrogen and oxygen atoms in total. The molecule has 1 amide bonds. The molecular weight excluding hydrogens is 398 g/mol. The number of nitrogens with zero attached hydrogens (tertiary/aromatic N) is 4. The number of morpholine rings is 1. The van der Waals surface area contributed by atoms with E-state index < -0.39 is 0 Å². The predicted molar refractivity (Wildman–Crippen MR) is 117 cm³/mol. The van der Waals surface area contributed by atoms with Gasteiger partial charge in [0.15, 0.2) is 0 Å². The monoisotopic (exact) mass is 425 g/mol. The second-order valence-corrected chi connectivity index (χ2v) is 7.45. The fourth-order valence-corrected chi connectivity index (χ4v) is 3.66. The van der Waals surface area contributed by atoms with Crippen LogP contribution in [0.15, 0.2) is 41.5 Å². The number of amides is 1. The number of ether oxygens (including phenoxy) is 3. The molecule has 2 aliphatic heterocycles. The van der Waals surface area contributed by atoms with Crippen LogP contribution in [0.2, 0.25) is 0 Å². The molecule has 1 aromatic carbocycles. The number of anilines is 1. The fourth-order valence-electron chi connectivity index (χ4n) is 3.66. The van der Waals surface area contributed by atoms with Gasteiger partial charge >= 0.3 is 6.09 Å². The Balaban J connectivity index is 1.60. The van der Waals surface area contributed by atoms with Crippen LogP contribution in [0.1, 0.15) is 16.8 Å². The quantitative estimate of drug-likeness (QED) is 0.410. The Hall–Kier alpha value is -3.33. The summed E-state index contributed by atoms with van der Waals surface area (Å²) in [5.41, 5.74) is 4.19. The Morgan fingerprint density at radius 2 is 2.03 bits per heavy atom. The van der Waals surface area contributed by atoms with Crippen molar-refractivity contribution in [1.29, 1.82) is 0 Å². The molecule has 2 aromatic rings. The van der Waals surface area contributed by atoms with E-state index in [2.05, 4.69) is 15.0 Å². The first-order valence-electron chi connectivity index (χ1n) is 10.4. The van der Waals surface area contributed by atoms with Crippen LogP contribution in [-0.2, 0) is 9.47 Å². The number of pyridine rings is 1. The molecule has 0 unspecified atom stereocenters. The van der Waals surface area contributed by atoms with Crippen LogP contribution >= 0.6 is 0 Å². The normalized spacial score (nSPS) is 17.1. The maximum atomic E-state index is 11.6. The largest absolute Gasteiger partial charge is 0.476 e. The molecular formula is C22H27N5O4. The summed E-state index contributed by atoms with van der Waals surface area (Å²) in [4.78, 5) is 20.1. The van der Waals surface area contributed by atoms with E-state index >= 15 is 0 Å². The van der Waals surface area contributed by atoms with Gasteiger partial charge in [-0.2, -0.15) is 5.10 Å². The van der Waals surface area contributed by atoms with Gasteiger partial charge < -0.3 is 29.9 Å². The minimum absolute atomic E-state index is 0.309. The number of hydrazone groups is 1. The van der Waals surface area contributed by atoms with Crippen LogP contribution in [0.25, 0.3) is 0 Å². The van der Waals surface area contributed by atoms with Gasteiger partial charge in [-0.3, -0.25) is 0 Å². The minimum Gasteiger partial charge on any atom is -0.476 e. The van der Waals surface area contributed by atoms with E-state index in [9.17, 15) is 4.79 Å². The third-order valence-electron chi connectivity index (χ3n) is 5.28. The Bertz CT molecular complexity index is 959. The van der Waals surface area contributed by atoms with E-state index in [0.717, 1.165) is 29.9 Å². The van der Waals surface area contributed by atoms with Gasteiger partial charge in [0.1, 0.15) is 18.9 Å². The zero-order valence-electron chi connectivity index (χ0n) is 17.6. The van der Waals surface area contributed by atoms with E-state index in [1.54, 1.807) is 4.90 Å². The first-order chi connectivity index (χ1) is 15.1. The third kappa shape index (κ3) is 5.05. The van der Waals surface area contributed by atoms with Crippen LogP contribution < -0.4 is 15.5 Å². The lowest BCUT2D eigenvalue weighted by molar-refractivity contribution is 0.122. The molecule has 1 aromatic heterocycles. The molecule has 4 rings (SSSR count). The smallest absolute Gasteiger partial charge is 0.410 e. The highest BCUT2D eigenvalue weighted by molar-refractivity contribution is 6.12. The summed E-state index contributed by atoms with van der Waals surface area (Å²) in [5.74, 6) is 6.24. The fraction of sp³-hybridized carbons (Fsp3) is 0.409. The zero-order valence-corrected chi connectivity index (χ0v) is 17.6. The van der Waals surface area contributed by atoms with Crippen LogP contribution in [0.3, 0.4) is 0 Å². The molecule has 2 N–H and O–H groups in total. The van der Waals surface area contributed by atoms with Gasteiger partial charge in [-0.15, -0.1) is 0 Å². The van der Waals surface area contributed by atoms with Crippen LogP contribution in [0, 0.1) is 6.92 Å². The SMILES string of the molecule is Cc1cccc(/C(=N/N)c2cc(N3CCOCC3)cc(OCCN3CCOC3=O)n2)c1. The summed E-state index contributed by atoms with van der Waals surface area (Å²) in [6.07, 6.45) is -0.309. The summed E-state index contributed by atoms with van der Waals surface area (Å²) >= 11 is 0. The molecule has 2 saturated heterocycles.